The first-order valence-corrected chi connectivity index (χ1v) is 23.8. The summed E-state index contributed by atoms with van der Waals surface area (Å²) in [6.07, 6.45) is 4.97. The van der Waals surface area contributed by atoms with Gasteiger partial charge >= 0.3 is 5.97 Å². The molecule has 5 amide bonds. The first kappa shape index (κ1) is 57.9. The number of carbonyl (C=O) groups is 6. The summed E-state index contributed by atoms with van der Waals surface area (Å²) < 4.78 is 4.40. The van der Waals surface area contributed by atoms with E-state index in [9.17, 15) is 68.4 Å². The predicted molar refractivity (Wildman–Crippen MR) is 275 cm³/mol. The number of amides is 5. The molecule has 26 heteroatoms. The molecule has 0 atom stereocenters. The molecule has 26 nitrogen and oxygen atoms in total. The Bertz CT molecular complexity index is 2860. The van der Waals surface area contributed by atoms with Crippen LogP contribution >= 0.6 is 0 Å². The minimum absolute atomic E-state index is 0.0490. The molecule has 0 bridgehead atoms. The van der Waals surface area contributed by atoms with Gasteiger partial charge in [-0.25, -0.2) is 0 Å². The Labute approximate surface area is 433 Å². The Hall–Kier alpha value is -9.04. The molecular formula is C50H61N11O15. The molecule has 0 aliphatic carbocycles. The average molecular weight is 1060 g/mol. The van der Waals surface area contributed by atoms with E-state index in [1.54, 1.807) is 24.3 Å². The van der Waals surface area contributed by atoms with Crippen molar-refractivity contribution in [3.63, 3.8) is 0 Å². The molecule has 0 unspecified atom stereocenters. The summed E-state index contributed by atoms with van der Waals surface area (Å²) in [5.74, 6) is -8.07. The lowest BCUT2D eigenvalue weighted by molar-refractivity contribution is -0.138. The molecule has 4 heterocycles. The second-order valence-electron chi connectivity index (χ2n) is 17.8. The first-order chi connectivity index (χ1) is 36.1. The Morgan fingerprint density at radius 2 is 0.776 bits per heavy atom. The van der Waals surface area contributed by atoms with Crippen LogP contribution in [0, 0.1) is 5.92 Å². The SMILES string of the molecule is Cn1ccc(C(=O)NCCN(CCNC(=O)c2ccn(C)c(=O)c2O)CC(Cc2ccc(NC(=O)CCC(=O)O)cc2)CN(CCNC(=O)c2ccn(C)c(=O)c2O)CCNC(=O)c2ccn(C)c(=O)c2O)c(O)c1=O. The number of nitrogens with zero attached hydrogens (tertiary/aromatic N) is 6. The summed E-state index contributed by atoms with van der Waals surface area (Å²) in [5.41, 5.74) is -3.08. The number of carboxylic acids is 1. The average Bonchev–Trinajstić information content (AvgIpc) is 3.37. The maximum atomic E-state index is 13.3. The van der Waals surface area contributed by atoms with Crippen LogP contribution in [-0.4, -0.2) is 155 Å². The van der Waals surface area contributed by atoms with E-state index in [0.717, 1.165) is 23.8 Å². The van der Waals surface area contributed by atoms with Crippen LogP contribution in [0.2, 0.25) is 0 Å². The molecule has 0 saturated carbocycles. The Balaban J connectivity index is 1.45. The molecule has 76 heavy (non-hydrogen) atoms. The fraction of sp³-hybridized carbons (Fsp3) is 0.360. The van der Waals surface area contributed by atoms with E-state index in [-0.39, 0.29) is 101 Å². The summed E-state index contributed by atoms with van der Waals surface area (Å²) in [7, 11) is 5.62. The fourth-order valence-corrected chi connectivity index (χ4v) is 7.89. The lowest BCUT2D eigenvalue weighted by Gasteiger charge is -2.32. The quantitative estimate of drug-likeness (QED) is 0.0304. The summed E-state index contributed by atoms with van der Waals surface area (Å²) in [6.45, 7) is 0.625. The van der Waals surface area contributed by atoms with Crippen molar-refractivity contribution in [2.75, 3.05) is 70.8 Å². The highest BCUT2D eigenvalue weighted by Crippen LogP contribution is 2.18. The number of pyridine rings is 4. The van der Waals surface area contributed by atoms with Gasteiger partial charge in [0.15, 0.2) is 23.0 Å². The molecule has 0 aliphatic rings. The number of carboxylic acid groups (broad SMARTS) is 1. The van der Waals surface area contributed by atoms with Crippen LogP contribution in [-0.2, 0) is 44.2 Å². The number of rotatable bonds is 26. The first-order valence-electron chi connectivity index (χ1n) is 23.8. The molecular weight excluding hydrogens is 995 g/mol. The van der Waals surface area contributed by atoms with Crippen molar-refractivity contribution in [3.8, 4) is 23.0 Å². The molecule has 4 aromatic heterocycles. The van der Waals surface area contributed by atoms with Crippen LogP contribution < -0.4 is 48.8 Å². The van der Waals surface area contributed by atoms with Gasteiger partial charge in [-0.1, -0.05) is 12.1 Å². The number of aromatic hydroxyl groups is 4. The van der Waals surface area contributed by atoms with Gasteiger partial charge < -0.3 is 70.4 Å². The number of carbonyl (C=O) groups excluding carboxylic acids is 5. The number of hydrogen-bond acceptors (Lipinski definition) is 16. The monoisotopic (exact) mass is 1060 g/mol. The molecule has 0 saturated heterocycles. The zero-order valence-electron chi connectivity index (χ0n) is 42.2. The molecule has 0 spiro atoms. The van der Waals surface area contributed by atoms with Crippen LogP contribution in [0.15, 0.2) is 92.5 Å². The van der Waals surface area contributed by atoms with Gasteiger partial charge in [-0.05, 0) is 54.3 Å². The minimum Gasteiger partial charge on any atom is -0.502 e. The number of benzene rings is 1. The number of nitrogens with one attached hydrogen (secondary N) is 5. The smallest absolute Gasteiger partial charge is 0.303 e. The van der Waals surface area contributed by atoms with Crippen LogP contribution in [0.3, 0.4) is 0 Å². The van der Waals surface area contributed by atoms with E-state index in [4.69, 9.17) is 5.11 Å². The Morgan fingerprint density at radius 1 is 0.474 bits per heavy atom. The largest absolute Gasteiger partial charge is 0.502 e. The van der Waals surface area contributed by atoms with Gasteiger partial charge in [0.2, 0.25) is 5.91 Å². The molecule has 0 radical (unpaired) electrons. The third-order valence-corrected chi connectivity index (χ3v) is 12.2. The van der Waals surface area contributed by atoms with Crippen LogP contribution in [0.1, 0.15) is 59.8 Å². The van der Waals surface area contributed by atoms with Crippen LogP contribution in [0.25, 0.3) is 0 Å². The lowest BCUT2D eigenvalue weighted by Crippen LogP contribution is -2.46. The van der Waals surface area contributed by atoms with Crippen molar-refractivity contribution in [1.82, 2.24) is 49.3 Å². The van der Waals surface area contributed by atoms with Gasteiger partial charge in [0.05, 0.1) is 28.7 Å². The summed E-state index contributed by atoms with van der Waals surface area (Å²) in [4.78, 5) is 130. The van der Waals surface area contributed by atoms with Crippen molar-refractivity contribution < 1.29 is 54.3 Å². The number of hydrogen-bond donors (Lipinski definition) is 10. The van der Waals surface area contributed by atoms with E-state index < -0.39 is 86.7 Å². The molecule has 0 fully saturated rings. The highest BCUT2D eigenvalue weighted by atomic mass is 16.4. The van der Waals surface area contributed by atoms with E-state index in [1.165, 1.54) is 77.2 Å². The van der Waals surface area contributed by atoms with Gasteiger partial charge in [0.25, 0.3) is 45.9 Å². The van der Waals surface area contributed by atoms with Gasteiger partial charge in [0, 0.05) is 131 Å². The lowest BCUT2D eigenvalue weighted by atomic mass is 9.97. The van der Waals surface area contributed by atoms with Gasteiger partial charge in [0.1, 0.15) is 0 Å². The zero-order chi connectivity index (χ0) is 55.8. The maximum Gasteiger partial charge on any atom is 0.303 e. The van der Waals surface area contributed by atoms with Crippen molar-refractivity contribution in [3.05, 3.63) is 143 Å². The van der Waals surface area contributed by atoms with Gasteiger partial charge in [-0.3, -0.25) is 57.7 Å². The highest BCUT2D eigenvalue weighted by Gasteiger charge is 2.24. The molecule has 0 aliphatic heterocycles. The fourth-order valence-electron chi connectivity index (χ4n) is 7.89. The number of aromatic nitrogens is 4. The zero-order valence-corrected chi connectivity index (χ0v) is 42.2. The normalized spacial score (nSPS) is 11.1. The molecule has 5 aromatic rings. The van der Waals surface area contributed by atoms with E-state index in [0.29, 0.717) is 12.1 Å². The Kier molecular flexibility index (Phi) is 20.4. The molecule has 1 aromatic carbocycles. The van der Waals surface area contributed by atoms with E-state index in [1.807, 2.05) is 9.80 Å². The highest BCUT2D eigenvalue weighted by molar-refractivity contribution is 5.98. The van der Waals surface area contributed by atoms with Crippen LogP contribution in [0.4, 0.5) is 5.69 Å². The summed E-state index contributed by atoms with van der Waals surface area (Å²) in [5, 5.41) is 64.3. The molecule has 5 rings (SSSR count). The van der Waals surface area contributed by atoms with Crippen molar-refractivity contribution in [2.45, 2.75) is 19.3 Å². The van der Waals surface area contributed by atoms with Crippen molar-refractivity contribution in [1.29, 1.82) is 0 Å². The van der Waals surface area contributed by atoms with Crippen molar-refractivity contribution >= 4 is 41.2 Å². The maximum absolute atomic E-state index is 13.3. The summed E-state index contributed by atoms with van der Waals surface area (Å²) in [6, 6.07) is 11.9. The van der Waals surface area contributed by atoms with Crippen molar-refractivity contribution in [2.24, 2.45) is 34.1 Å². The number of aryl methyl sites for hydroxylation is 4. The van der Waals surface area contributed by atoms with Gasteiger partial charge in [-0.2, -0.15) is 0 Å². The van der Waals surface area contributed by atoms with E-state index in [2.05, 4.69) is 26.6 Å². The molecule has 406 valence electrons. The second-order valence-corrected chi connectivity index (χ2v) is 17.8. The predicted octanol–water partition coefficient (Wildman–Crippen LogP) is -1.41. The minimum atomic E-state index is -1.13. The second kappa shape index (κ2) is 26.8. The summed E-state index contributed by atoms with van der Waals surface area (Å²) >= 11 is 0. The molecule has 10 N–H and O–H groups in total. The third-order valence-electron chi connectivity index (χ3n) is 12.2. The van der Waals surface area contributed by atoms with E-state index >= 15 is 0 Å². The van der Waals surface area contributed by atoms with Gasteiger partial charge in [-0.15, -0.1) is 0 Å². The third kappa shape index (κ3) is 15.7. The standard InChI is InChI=1S/C50H61N11O15/c1-56-19-11-33(39(65)47(56)73)43(69)51-15-23-60(24-16-52-44(70)34-12-20-57(2)48(74)40(34)66)28-31(27-30-5-7-32(8-6-30)55-37(62)9-10-38(63)64)29-61(25-17-53-45(71)35-13-21-58(3)49(75)41(35)67)26-18-54-46(72)36-14-22-59(4)50(76)42(36)68/h5-8,11-14,19-22,31,65-68H,9-10,15-18,23-29H2,1-4H3,(H,51,69)(H,52,70)(H,53,71)(H,54,72)(H,55,62)(H,63,64). The topological polar surface area (TPSA) is 358 Å². The number of aliphatic carboxylic acids is 1. The van der Waals surface area contributed by atoms with Crippen LogP contribution in [0.5, 0.6) is 23.0 Å². The Morgan fingerprint density at radius 3 is 1.07 bits per heavy atom. The number of anilines is 1.